The number of ether oxygens (including phenoxy) is 1. The SMILES string of the molecule is CC(C)(C)CCc1ccc(N2C[C@@H](CO)OC2=O)cc1. The number of amides is 1. The number of carbonyl (C=O) groups is 1. The third-order valence-corrected chi connectivity index (χ3v) is 3.49. The van der Waals surface area contributed by atoms with E-state index in [1.54, 1.807) is 4.90 Å². The third kappa shape index (κ3) is 3.73. The summed E-state index contributed by atoms with van der Waals surface area (Å²) in [5, 5.41) is 9.03. The molecule has 4 heteroatoms. The van der Waals surface area contributed by atoms with Crippen molar-refractivity contribution in [3.8, 4) is 0 Å². The van der Waals surface area contributed by atoms with Gasteiger partial charge in [0.15, 0.2) is 0 Å². The van der Waals surface area contributed by atoms with Gasteiger partial charge in [0, 0.05) is 5.69 Å². The summed E-state index contributed by atoms with van der Waals surface area (Å²) in [5.74, 6) is 0. The third-order valence-electron chi connectivity index (χ3n) is 3.49. The summed E-state index contributed by atoms with van der Waals surface area (Å²) in [4.78, 5) is 13.2. The maximum atomic E-state index is 11.7. The van der Waals surface area contributed by atoms with Crippen molar-refractivity contribution < 1.29 is 14.6 Å². The number of cyclic esters (lactones) is 1. The average molecular weight is 277 g/mol. The van der Waals surface area contributed by atoms with Crippen molar-refractivity contribution in [3.05, 3.63) is 29.8 Å². The highest BCUT2D eigenvalue weighted by Gasteiger charge is 2.31. The molecule has 4 nitrogen and oxygen atoms in total. The van der Waals surface area contributed by atoms with Crippen molar-refractivity contribution in [2.24, 2.45) is 5.41 Å². The first-order valence-electron chi connectivity index (χ1n) is 7.07. The summed E-state index contributed by atoms with van der Waals surface area (Å²) in [5.41, 5.74) is 2.42. The van der Waals surface area contributed by atoms with Crippen LogP contribution in [0.5, 0.6) is 0 Å². The molecule has 1 saturated heterocycles. The second-order valence-corrected chi connectivity index (χ2v) is 6.53. The molecule has 0 unspecified atom stereocenters. The lowest BCUT2D eigenvalue weighted by Gasteiger charge is -2.18. The molecule has 0 aromatic heterocycles. The summed E-state index contributed by atoms with van der Waals surface area (Å²) < 4.78 is 5.04. The number of rotatable bonds is 4. The monoisotopic (exact) mass is 277 g/mol. The molecule has 0 radical (unpaired) electrons. The Bertz CT molecular complexity index is 462. The number of nitrogens with zero attached hydrogens (tertiary/aromatic N) is 1. The number of hydrogen-bond donors (Lipinski definition) is 1. The molecule has 1 aromatic carbocycles. The number of aliphatic hydroxyl groups is 1. The quantitative estimate of drug-likeness (QED) is 0.920. The minimum absolute atomic E-state index is 0.133. The molecule has 0 saturated carbocycles. The molecule has 0 spiro atoms. The average Bonchev–Trinajstić information content (AvgIpc) is 2.77. The van der Waals surface area contributed by atoms with Crippen molar-refractivity contribution in [1.82, 2.24) is 0 Å². The fourth-order valence-corrected chi connectivity index (χ4v) is 2.19. The smallest absolute Gasteiger partial charge is 0.414 e. The maximum absolute atomic E-state index is 11.7. The first kappa shape index (κ1) is 14.9. The molecule has 110 valence electrons. The van der Waals surface area contributed by atoms with E-state index in [9.17, 15) is 4.79 Å². The van der Waals surface area contributed by atoms with Crippen LogP contribution in [0.15, 0.2) is 24.3 Å². The van der Waals surface area contributed by atoms with E-state index in [-0.39, 0.29) is 12.7 Å². The number of anilines is 1. The van der Waals surface area contributed by atoms with Crippen LogP contribution in [0.1, 0.15) is 32.8 Å². The van der Waals surface area contributed by atoms with Crippen LogP contribution >= 0.6 is 0 Å². The number of aliphatic hydroxyl groups excluding tert-OH is 1. The summed E-state index contributed by atoms with van der Waals surface area (Å²) in [6, 6.07) is 8.00. The van der Waals surface area contributed by atoms with Crippen molar-refractivity contribution in [1.29, 1.82) is 0 Å². The predicted molar refractivity (Wildman–Crippen MR) is 78.9 cm³/mol. The lowest BCUT2D eigenvalue weighted by Crippen LogP contribution is -2.25. The summed E-state index contributed by atoms with van der Waals surface area (Å²) in [6.45, 7) is 6.98. The molecule has 0 aliphatic carbocycles. The predicted octanol–water partition coefficient (Wildman–Crippen LogP) is 2.98. The van der Waals surface area contributed by atoms with Gasteiger partial charge in [-0.05, 0) is 36.0 Å². The lowest BCUT2D eigenvalue weighted by molar-refractivity contribution is 0.0963. The lowest BCUT2D eigenvalue weighted by atomic mass is 9.89. The second-order valence-electron chi connectivity index (χ2n) is 6.53. The largest absolute Gasteiger partial charge is 0.441 e. The van der Waals surface area contributed by atoms with Crippen LogP contribution in [0.2, 0.25) is 0 Å². The highest BCUT2D eigenvalue weighted by Crippen LogP contribution is 2.24. The van der Waals surface area contributed by atoms with Crippen LogP contribution in [-0.4, -0.2) is 30.5 Å². The van der Waals surface area contributed by atoms with Gasteiger partial charge in [-0.3, -0.25) is 4.90 Å². The fourth-order valence-electron chi connectivity index (χ4n) is 2.19. The normalized spacial score (nSPS) is 19.3. The van der Waals surface area contributed by atoms with Crippen LogP contribution in [0.3, 0.4) is 0 Å². The molecule has 0 bridgehead atoms. The summed E-state index contributed by atoms with van der Waals surface area (Å²) in [7, 11) is 0. The van der Waals surface area contributed by atoms with Gasteiger partial charge in [-0.2, -0.15) is 0 Å². The fraction of sp³-hybridized carbons (Fsp3) is 0.562. The molecular weight excluding hydrogens is 254 g/mol. The molecule has 2 rings (SSSR count). The summed E-state index contributed by atoms with van der Waals surface area (Å²) in [6.07, 6.45) is 1.37. The zero-order valence-electron chi connectivity index (χ0n) is 12.4. The van der Waals surface area contributed by atoms with Crippen molar-refractivity contribution in [2.45, 2.75) is 39.7 Å². The Morgan fingerprint density at radius 1 is 1.30 bits per heavy atom. The van der Waals surface area contributed by atoms with Gasteiger partial charge < -0.3 is 9.84 Å². The van der Waals surface area contributed by atoms with Crippen LogP contribution in [-0.2, 0) is 11.2 Å². The first-order valence-corrected chi connectivity index (χ1v) is 7.07. The molecule has 1 aromatic rings. The van der Waals surface area contributed by atoms with E-state index >= 15 is 0 Å². The summed E-state index contributed by atoms with van der Waals surface area (Å²) >= 11 is 0. The van der Waals surface area contributed by atoms with Crippen LogP contribution in [0, 0.1) is 5.41 Å². The van der Waals surface area contributed by atoms with Crippen LogP contribution in [0.25, 0.3) is 0 Å². The zero-order chi connectivity index (χ0) is 14.8. The van der Waals surface area contributed by atoms with Crippen LogP contribution < -0.4 is 4.90 Å². The number of hydrogen-bond acceptors (Lipinski definition) is 3. The van der Waals surface area contributed by atoms with E-state index in [0.717, 1.165) is 18.5 Å². The highest BCUT2D eigenvalue weighted by molar-refractivity contribution is 5.89. The Kier molecular flexibility index (Phi) is 4.33. The van der Waals surface area contributed by atoms with Crippen molar-refractivity contribution >= 4 is 11.8 Å². The van der Waals surface area contributed by atoms with Gasteiger partial charge in [0.2, 0.25) is 0 Å². The Morgan fingerprint density at radius 3 is 2.45 bits per heavy atom. The van der Waals surface area contributed by atoms with E-state index in [0.29, 0.717) is 12.0 Å². The van der Waals surface area contributed by atoms with Gasteiger partial charge in [0.25, 0.3) is 0 Å². The van der Waals surface area contributed by atoms with Gasteiger partial charge in [-0.25, -0.2) is 4.79 Å². The molecular formula is C16H23NO3. The molecule has 1 aliphatic rings. The van der Waals surface area contributed by atoms with Gasteiger partial charge in [-0.15, -0.1) is 0 Å². The second kappa shape index (κ2) is 5.83. The molecule has 20 heavy (non-hydrogen) atoms. The highest BCUT2D eigenvalue weighted by atomic mass is 16.6. The minimum Gasteiger partial charge on any atom is -0.441 e. The van der Waals surface area contributed by atoms with E-state index in [2.05, 4.69) is 32.9 Å². The molecule has 1 atom stereocenters. The number of benzene rings is 1. The van der Waals surface area contributed by atoms with E-state index in [4.69, 9.17) is 9.84 Å². The van der Waals surface area contributed by atoms with E-state index in [1.807, 2.05) is 12.1 Å². The van der Waals surface area contributed by atoms with Gasteiger partial charge >= 0.3 is 6.09 Å². The first-order chi connectivity index (χ1) is 9.39. The van der Waals surface area contributed by atoms with E-state index < -0.39 is 6.10 Å². The molecule has 1 aliphatic heterocycles. The molecule has 1 heterocycles. The number of aryl methyl sites for hydroxylation is 1. The van der Waals surface area contributed by atoms with E-state index in [1.165, 1.54) is 5.56 Å². The van der Waals surface area contributed by atoms with Crippen molar-refractivity contribution in [2.75, 3.05) is 18.1 Å². The topological polar surface area (TPSA) is 49.8 Å². The Labute approximate surface area is 120 Å². The standard InChI is InChI=1S/C16H23NO3/c1-16(2,3)9-8-12-4-6-13(7-5-12)17-10-14(11-18)20-15(17)19/h4-7,14,18H,8-11H2,1-3H3/t14-/m0/s1. The van der Waals surface area contributed by atoms with Gasteiger partial charge in [-0.1, -0.05) is 32.9 Å². The molecule has 1 N–H and O–H groups in total. The van der Waals surface area contributed by atoms with Gasteiger partial charge in [0.05, 0.1) is 13.2 Å². The minimum atomic E-state index is -0.414. The van der Waals surface area contributed by atoms with Gasteiger partial charge in [0.1, 0.15) is 6.10 Å². The molecule has 1 fully saturated rings. The Balaban J connectivity index is 2.00. The zero-order valence-corrected chi connectivity index (χ0v) is 12.4. The van der Waals surface area contributed by atoms with Crippen LogP contribution in [0.4, 0.5) is 10.5 Å². The maximum Gasteiger partial charge on any atom is 0.414 e. The Hall–Kier alpha value is -1.55. The van der Waals surface area contributed by atoms with Crippen molar-refractivity contribution in [3.63, 3.8) is 0 Å². The Morgan fingerprint density at radius 2 is 1.95 bits per heavy atom. The number of carbonyl (C=O) groups excluding carboxylic acids is 1. The molecule has 1 amide bonds.